The highest BCUT2D eigenvalue weighted by atomic mass is 16.6. The van der Waals surface area contributed by atoms with Gasteiger partial charge in [-0.05, 0) is 40.0 Å². The van der Waals surface area contributed by atoms with Crippen LogP contribution in [0.1, 0.15) is 40.0 Å². The highest BCUT2D eigenvalue weighted by Gasteiger charge is 2.32. The highest BCUT2D eigenvalue weighted by molar-refractivity contribution is 5.87. The van der Waals surface area contributed by atoms with Crippen molar-refractivity contribution in [3.05, 3.63) is 24.3 Å². The Morgan fingerprint density at radius 1 is 0.846 bits per heavy atom. The van der Waals surface area contributed by atoms with E-state index in [1.54, 1.807) is 11.8 Å². The Morgan fingerprint density at radius 2 is 1.27 bits per heavy atom. The van der Waals surface area contributed by atoms with E-state index in [4.69, 9.17) is 14.2 Å². The molecule has 1 saturated heterocycles. The standard InChI is InChI=1S/C19H29NO6/c1-14(2)16(21)24-11-19(5,12-25-17(22)15(3)4)13-26-18(23)20-9-7-6-8-10-20/h1,3,6-13H2,2,4-5H3. The number of hydrogen-bond acceptors (Lipinski definition) is 6. The lowest BCUT2D eigenvalue weighted by Gasteiger charge is -2.31. The molecule has 0 aromatic heterocycles. The quantitative estimate of drug-likeness (QED) is 0.373. The first-order valence-electron chi connectivity index (χ1n) is 8.71. The summed E-state index contributed by atoms with van der Waals surface area (Å²) in [6, 6.07) is 0. The van der Waals surface area contributed by atoms with E-state index in [2.05, 4.69) is 13.2 Å². The lowest BCUT2D eigenvalue weighted by molar-refractivity contribution is -0.150. The van der Waals surface area contributed by atoms with Gasteiger partial charge in [-0.2, -0.15) is 0 Å². The monoisotopic (exact) mass is 367 g/mol. The molecule has 0 atom stereocenters. The smallest absolute Gasteiger partial charge is 0.409 e. The Morgan fingerprint density at radius 3 is 1.69 bits per heavy atom. The molecule has 146 valence electrons. The first-order valence-corrected chi connectivity index (χ1v) is 8.71. The van der Waals surface area contributed by atoms with Crippen molar-refractivity contribution < 1.29 is 28.6 Å². The summed E-state index contributed by atoms with van der Waals surface area (Å²) in [6.07, 6.45) is 2.61. The Kier molecular flexibility index (Phi) is 8.35. The molecule has 26 heavy (non-hydrogen) atoms. The molecule has 0 saturated carbocycles. The van der Waals surface area contributed by atoms with Gasteiger partial charge in [0.15, 0.2) is 0 Å². The van der Waals surface area contributed by atoms with Gasteiger partial charge >= 0.3 is 18.0 Å². The van der Waals surface area contributed by atoms with Crippen molar-refractivity contribution in [2.75, 3.05) is 32.9 Å². The van der Waals surface area contributed by atoms with Crippen molar-refractivity contribution in [1.82, 2.24) is 4.90 Å². The summed E-state index contributed by atoms with van der Waals surface area (Å²) in [7, 11) is 0. The van der Waals surface area contributed by atoms with E-state index in [1.165, 1.54) is 13.8 Å². The minimum absolute atomic E-state index is 0.0464. The van der Waals surface area contributed by atoms with Crippen LogP contribution >= 0.6 is 0 Å². The van der Waals surface area contributed by atoms with Crippen molar-refractivity contribution in [3.63, 3.8) is 0 Å². The molecular weight excluding hydrogens is 338 g/mol. The summed E-state index contributed by atoms with van der Waals surface area (Å²) >= 11 is 0. The molecule has 1 amide bonds. The number of hydrogen-bond donors (Lipinski definition) is 0. The SMILES string of the molecule is C=C(C)C(=O)OCC(C)(COC(=O)C(=C)C)COC(=O)N1CCCCC1. The molecule has 0 spiro atoms. The van der Waals surface area contributed by atoms with Gasteiger partial charge in [0, 0.05) is 24.2 Å². The van der Waals surface area contributed by atoms with Gasteiger partial charge in [-0.15, -0.1) is 0 Å². The van der Waals surface area contributed by atoms with Crippen LogP contribution < -0.4 is 0 Å². The van der Waals surface area contributed by atoms with Crippen LogP contribution in [0.3, 0.4) is 0 Å². The van der Waals surface area contributed by atoms with E-state index in [-0.39, 0.29) is 31.0 Å². The van der Waals surface area contributed by atoms with Crippen LogP contribution in [-0.4, -0.2) is 55.8 Å². The number of rotatable bonds is 8. The minimum Gasteiger partial charge on any atom is -0.461 e. The van der Waals surface area contributed by atoms with Gasteiger partial charge in [0.05, 0.1) is 5.41 Å². The van der Waals surface area contributed by atoms with Crippen molar-refractivity contribution in [2.24, 2.45) is 5.41 Å². The molecule has 0 N–H and O–H groups in total. The lowest BCUT2D eigenvalue weighted by atomic mass is 9.94. The normalized spacial score (nSPS) is 14.3. The van der Waals surface area contributed by atoms with E-state index in [9.17, 15) is 14.4 Å². The Hall–Kier alpha value is -2.31. The minimum atomic E-state index is -0.873. The van der Waals surface area contributed by atoms with Gasteiger partial charge in [-0.3, -0.25) is 0 Å². The van der Waals surface area contributed by atoms with Gasteiger partial charge in [-0.1, -0.05) is 13.2 Å². The summed E-state index contributed by atoms with van der Waals surface area (Å²) in [5.74, 6) is -1.10. The molecule has 0 radical (unpaired) electrons. The van der Waals surface area contributed by atoms with Crippen LogP contribution in [0.25, 0.3) is 0 Å². The Balaban J connectivity index is 2.66. The molecule has 0 bridgehead atoms. The molecule has 7 heteroatoms. The van der Waals surface area contributed by atoms with E-state index in [0.717, 1.165) is 19.3 Å². The maximum Gasteiger partial charge on any atom is 0.409 e. The van der Waals surface area contributed by atoms with E-state index >= 15 is 0 Å². The summed E-state index contributed by atoms with van der Waals surface area (Å²) in [6.45, 7) is 13.0. The molecule has 0 aromatic rings. The van der Waals surface area contributed by atoms with Gasteiger partial charge in [-0.25, -0.2) is 14.4 Å². The third-order valence-electron chi connectivity index (χ3n) is 3.96. The molecule has 0 aliphatic carbocycles. The van der Waals surface area contributed by atoms with Crippen LogP contribution in [0.2, 0.25) is 0 Å². The number of piperidine rings is 1. The van der Waals surface area contributed by atoms with Crippen LogP contribution in [0.4, 0.5) is 4.79 Å². The summed E-state index contributed by atoms with van der Waals surface area (Å²) in [5.41, 5.74) is -0.352. The van der Waals surface area contributed by atoms with Crippen molar-refractivity contribution in [3.8, 4) is 0 Å². The number of likely N-dealkylation sites (tertiary alicyclic amines) is 1. The highest BCUT2D eigenvalue weighted by Crippen LogP contribution is 2.21. The number of amides is 1. The summed E-state index contributed by atoms with van der Waals surface area (Å²) in [4.78, 5) is 37.2. The first-order chi connectivity index (χ1) is 12.1. The average Bonchev–Trinajstić information content (AvgIpc) is 2.62. The van der Waals surface area contributed by atoms with E-state index in [1.807, 2.05) is 0 Å². The van der Waals surface area contributed by atoms with Gasteiger partial charge in [0.25, 0.3) is 0 Å². The number of carbonyl (C=O) groups excluding carboxylic acids is 3. The zero-order valence-corrected chi connectivity index (χ0v) is 16.0. The van der Waals surface area contributed by atoms with E-state index < -0.39 is 23.4 Å². The predicted molar refractivity (Wildman–Crippen MR) is 96.4 cm³/mol. The number of ether oxygens (including phenoxy) is 3. The third-order valence-corrected chi connectivity index (χ3v) is 3.96. The predicted octanol–water partition coefficient (Wildman–Crippen LogP) is 2.85. The fraction of sp³-hybridized carbons (Fsp3) is 0.632. The Bertz CT molecular complexity index is 532. The van der Waals surface area contributed by atoms with Crippen LogP contribution in [0.5, 0.6) is 0 Å². The van der Waals surface area contributed by atoms with Gasteiger partial charge in [0.2, 0.25) is 0 Å². The Labute approximate surface area is 155 Å². The topological polar surface area (TPSA) is 82.1 Å². The van der Waals surface area contributed by atoms with Crippen LogP contribution in [-0.2, 0) is 23.8 Å². The van der Waals surface area contributed by atoms with Crippen molar-refractivity contribution in [1.29, 1.82) is 0 Å². The maximum absolute atomic E-state index is 12.2. The maximum atomic E-state index is 12.2. The second kappa shape index (κ2) is 9.99. The zero-order valence-electron chi connectivity index (χ0n) is 16.0. The molecule has 1 aliphatic rings. The molecule has 1 rings (SSSR count). The zero-order chi connectivity index (χ0) is 19.7. The van der Waals surface area contributed by atoms with Crippen LogP contribution in [0.15, 0.2) is 24.3 Å². The summed E-state index contributed by atoms with van der Waals surface area (Å²) < 4.78 is 15.8. The van der Waals surface area contributed by atoms with Crippen molar-refractivity contribution >= 4 is 18.0 Å². The van der Waals surface area contributed by atoms with Crippen molar-refractivity contribution in [2.45, 2.75) is 40.0 Å². The lowest BCUT2D eigenvalue weighted by Crippen LogP contribution is -2.41. The van der Waals surface area contributed by atoms with E-state index in [0.29, 0.717) is 13.1 Å². The van der Waals surface area contributed by atoms with Gasteiger partial charge < -0.3 is 19.1 Å². The fourth-order valence-electron chi connectivity index (χ4n) is 2.25. The number of nitrogens with zero attached hydrogens (tertiary/aromatic N) is 1. The van der Waals surface area contributed by atoms with Gasteiger partial charge in [0.1, 0.15) is 19.8 Å². The third kappa shape index (κ3) is 7.29. The number of esters is 2. The molecule has 1 aliphatic heterocycles. The second-order valence-corrected chi connectivity index (χ2v) is 7.13. The summed E-state index contributed by atoms with van der Waals surface area (Å²) in [5, 5.41) is 0. The first kappa shape index (κ1) is 21.7. The molecule has 0 aromatic carbocycles. The molecular formula is C19H29NO6. The average molecular weight is 367 g/mol. The fourth-order valence-corrected chi connectivity index (χ4v) is 2.25. The van der Waals surface area contributed by atoms with Crippen LogP contribution in [0, 0.1) is 5.41 Å². The number of carbonyl (C=O) groups is 3. The molecule has 1 heterocycles. The largest absolute Gasteiger partial charge is 0.461 e. The molecule has 0 unspecified atom stereocenters. The second-order valence-electron chi connectivity index (χ2n) is 7.13. The molecule has 7 nitrogen and oxygen atoms in total. The molecule has 1 fully saturated rings.